The molecule has 0 N–H and O–H groups in total. The summed E-state index contributed by atoms with van der Waals surface area (Å²) in [7, 11) is 0. The molecule has 58 valence electrons. The first kappa shape index (κ1) is 5.36. The molecule has 2 saturated heterocycles. The van der Waals surface area contributed by atoms with Crippen molar-refractivity contribution in [3.63, 3.8) is 0 Å². The van der Waals surface area contributed by atoms with Crippen LogP contribution in [0, 0.1) is 23.7 Å². The molecule has 3 aliphatic carbocycles. The van der Waals surface area contributed by atoms with Crippen LogP contribution in [0.5, 0.6) is 0 Å². The summed E-state index contributed by atoms with van der Waals surface area (Å²) in [5, 5.41) is 0. The first-order chi connectivity index (χ1) is 5.43. The summed E-state index contributed by atoms with van der Waals surface area (Å²) in [6, 6.07) is 0. The Morgan fingerprint density at radius 2 is 2.00 bits per heavy atom. The van der Waals surface area contributed by atoms with E-state index in [1.54, 1.807) is 0 Å². The molecule has 0 aromatic heterocycles. The van der Waals surface area contributed by atoms with Gasteiger partial charge in [-0.1, -0.05) is 12.2 Å². The van der Waals surface area contributed by atoms with Crippen molar-refractivity contribution in [2.24, 2.45) is 23.7 Å². The molecule has 2 heterocycles. The molecule has 6 unspecified atom stereocenters. The lowest BCUT2D eigenvalue weighted by atomic mass is 9.77. The van der Waals surface area contributed by atoms with Gasteiger partial charge in [-0.05, 0) is 24.7 Å². The van der Waals surface area contributed by atoms with Crippen molar-refractivity contribution >= 4 is 0 Å². The molecule has 6 atom stereocenters. The van der Waals surface area contributed by atoms with E-state index >= 15 is 0 Å². The fraction of sp³-hybridized carbons (Fsp3) is 0.800. The lowest BCUT2D eigenvalue weighted by Crippen LogP contribution is -2.33. The Kier molecular flexibility index (Phi) is 0.695. The Morgan fingerprint density at radius 1 is 1.09 bits per heavy atom. The number of ether oxygens (including phenoxy) is 1. The predicted octanol–water partition coefficient (Wildman–Crippen LogP) is 1.60. The fourth-order valence-corrected chi connectivity index (χ4v) is 3.87. The summed E-state index contributed by atoms with van der Waals surface area (Å²) >= 11 is 0. The molecular formula is C10H12O. The van der Waals surface area contributed by atoms with Gasteiger partial charge in [-0.2, -0.15) is 0 Å². The molecule has 0 aromatic rings. The Bertz CT molecular complexity index is 237. The molecular weight excluding hydrogens is 136 g/mol. The molecule has 2 aliphatic heterocycles. The van der Waals surface area contributed by atoms with Crippen molar-refractivity contribution in [1.29, 1.82) is 0 Å². The highest BCUT2D eigenvalue weighted by Gasteiger charge is 2.60. The Labute approximate surface area is 66.4 Å². The molecule has 0 spiro atoms. The third-order valence-electron chi connectivity index (χ3n) is 4.27. The topological polar surface area (TPSA) is 9.23 Å². The number of hydrogen-bond donors (Lipinski definition) is 0. The van der Waals surface area contributed by atoms with Gasteiger partial charge in [-0.15, -0.1) is 0 Å². The van der Waals surface area contributed by atoms with Crippen LogP contribution in [0.25, 0.3) is 0 Å². The molecule has 5 rings (SSSR count). The molecule has 1 nitrogen and oxygen atoms in total. The van der Waals surface area contributed by atoms with Crippen LogP contribution in [0.1, 0.15) is 12.8 Å². The van der Waals surface area contributed by atoms with Gasteiger partial charge in [-0.25, -0.2) is 0 Å². The molecule has 1 heteroatoms. The summed E-state index contributed by atoms with van der Waals surface area (Å²) in [4.78, 5) is 0. The lowest BCUT2D eigenvalue weighted by Gasteiger charge is -2.32. The zero-order chi connectivity index (χ0) is 7.00. The zero-order valence-corrected chi connectivity index (χ0v) is 6.44. The number of rotatable bonds is 0. The van der Waals surface area contributed by atoms with E-state index in [0.717, 1.165) is 23.7 Å². The predicted molar refractivity (Wildman–Crippen MR) is 41.0 cm³/mol. The van der Waals surface area contributed by atoms with Crippen LogP contribution >= 0.6 is 0 Å². The highest BCUT2D eigenvalue weighted by molar-refractivity contribution is 5.22. The molecule has 2 saturated carbocycles. The third kappa shape index (κ3) is 0.427. The van der Waals surface area contributed by atoms with E-state index < -0.39 is 0 Å². The molecule has 5 aliphatic rings. The van der Waals surface area contributed by atoms with Gasteiger partial charge in [0, 0.05) is 11.8 Å². The minimum absolute atomic E-state index is 0.623. The van der Waals surface area contributed by atoms with Crippen molar-refractivity contribution < 1.29 is 4.74 Å². The molecule has 0 amide bonds. The van der Waals surface area contributed by atoms with E-state index in [4.69, 9.17) is 4.74 Å². The summed E-state index contributed by atoms with van der Waals surface area (Å²) < 4.78 is 5.98. The van der Waals surface area contributed by atoms with Crippen LogP contribution in [0.2, 0.25) is 0 Å². The third-order valence-corrected chi connectivity index (χ3v) is 4.27. The normalized spacial score (nSPS) is 68.4. The first-order valence-corrected chi connectivity index (χ1v) is 4.77. The lowest BCUT2D eigenvalue weighted by molar-refractivity contribution is -0.0324. The van der Waals surface area contributed by atoms with Crippen molar-refractivity contribution in [1.82, 2.24) is 0 Å². The van der Waals surface area contributed by atoms with Gasteiger partial charge in [0.05, 0.1) is 12.2 Å². The molecule has 11 heavy (non-hydrogen) atoms. The SMILES string of the molecule is C1=CC2C3CC4CC3OC2C14. The average molecular weight is 148 g/mol. The van der Waals surface area contributed by atoms with Crippen molar-refractivity contribution in [2.45, 2.75) is 25.0 Å². The smallest absolute Gasteiger partial charge is 0.0710 e. The monoisotopic (exact) mass is 148 g/mol. The highest BCUT2D eigenvalue weighted by atomic mass is 16.5. The van der Waals surface area contributed by atoms with Gasteiger partial charge in [0.15, 0.2) is 0 Å². The maximum atomic E-state index is 5.98. The van der Waals surface area contributed by atoms with Crippen LogP contribution in [-0.4, -0.2) is 12.2 Å². The fourth-order valence-electron chi connectivity index (χ4n) is 3.87. The van der Waals surface area contributed by atoms with Crippen LogP contribution < -0.4 is 0 Å². The summed E-state index contributed by atoms with van der Waals surface area (Å²) in [5.41, 5.74) is 0. The second kappa shape index (κ2) is 1.42. The molecule has 6 bridgehead atoms. The van der Waals surface area contributed by atoms with Crippen LogP contribution in [0.4, 0.5) is 0 Å². The molecule has 0 radical (unpaired) electrons. The minimum atomic E-state index is 0.623. The largest absolute Gasteiger partial charge is 0.373 e. The van der Waals surface area contributed by atoms with E-state index in [9.17, 15) is 0 Å². The van der Waals surface area contributed by atoms with Crippen molar-refractivity contribution in [3.8, 4) is 0 Å². The van der Waals surface area contributed by atoms with Gasteiger partial charge in [0.2, 0.25) is 0 Å². The second-order valence-electron chi connectivity index (χ2n) is 4.57. The maximum absolute atomic E-state index is 5.98. The molecule has 0 aromatic carbocycles. The van der Waals surface area contributed by atoms with Crippen molar-refractivity contribution in [2.75, 3.05) is 0 Å². The van der Waals surface area contributed by atoms with Gasteiger partial charge >= 0.3 is 0 Å². The van der Waals surface area contributed by atoms with E-state index in [1.807, 2.05) is 0 Å². The standard InChI is InChI=1S/C10H12O/c1-2-7-8-3-5-4-9(8)11-10(7)6(1)5/h1-2,5-10H,3-4H2. The van der Waals surface area contributed by atoms with Gasteiger partial charge < -0.3 is 4.74 Å². The highest BCUT2D eigenvalue weighted by Crippen LogP contribution is 2.60. The summed E-state index contributed by atoms with van der Waals surface area (Å²) in [5.74, 6) is 3.55. The van der Waals surface area contributed by atoms with Crippen LogP contribution in [-0.2, 0) is 4.74 Å². The van der Waals surface area contributed by atoms with E-state index in [0.29, 0.717) is 12.2 Å². The molecule has 4 fully saturated rings. The van der Waals surface area contributed by atoms with E-state index in [-0.39, 0.29) is 0 Å². The maximum Gasteiger partial charge on any atom is 0.0710 e. The van der Waals surface area contributed by atoms with E-state index in [2.05, 4.69) is 12.2 Å². The Morgan fingerprint density at radius 3 is 3.00 bits per heavy atom. The summed E-state index contributed by atoms with van der Waals surface area (Å²) in [6.07, 6.45) is 8.97. The average Bonchev–Trinajstić information content (AvgIpc) is 2.50. The van der Waals surface area contributed by atoms with Crippen LogP contribution in [0.3, 0.4) is 0 Å². The summed E-state index contributed by atoms with van der Waals surface area (Å²) in [6.45, 7) is 0. The quantitative estimate of drug-likeness (QED) is 0.474. The van der Waals surface area contributed by atoms with Gasteiger partial charge in [-0.3, -0.25) is 0 Å². The Balaban J connectivity index is 1.95. The van der Waals surface area contributed by atoms with E-state index in [1.165, 1.54) is 12.8 Å². The minimum Gasteiger partial charge on any atom is -0.373 e. The van der Waals surface area contributed by atoms with Crippen LogP contribution in [0.15, 0.2) is 12.2 Å². The van der Waals surface area contributed by atoms with Gasteiger partial charge in [0.25, 0.3) is 0 Å². The van der Waals surface area contributed by atoms with Gasteiger partial charge in [0.1, 0.15) is 0 Å². The second-order valence-corrected chi connectivity index (χ2v) is 4.57. The Hall–Kier alpha value is -0.300. The number of hydrogen-bond acceptors (Lipinski definition) is 1. The zero-order valence-electron chi connectivity index (χ0n) is 6.44. The first-order valence-electron chi connectivity index (χ1n) is 4.77. The van der Waals surface area contributed by atoms with Crippen molar-refractivity contribution in [3.05, 3.63) is 12.2 Å².